The van der Waals surface area contributed by atoms with E-state index in [2.05, 4.69) is 36.2 Å². The summed E-state index contributed by atoms with van der Waals surface area (Å²) in [5.41, 5.74) is 7.93. The third-order valence-corrected chi connectivity index (χ3v) is 5.27. The number of hydrogen-bond donors (Lipinski definition) is 0. The highest BCUT2D eigenvalue weighted by atomic mass is 35.5. The summed E-state index contributed by atoms with van der Waals surface area (Å²) in [7, 11) is 2.21. The smallest absolute Gasteiger partial charge is 0.0757 e. The first-order valence-electron chi connectivity index (χ1n) is 8.41. The lowest BCUT2D eigenvalue weighted by Gasteiger charge is -2.31. The van der Waals surface area contributed by atoms with Gasteiger partial charge in [0.2, 0.25) is 0 Å². The number of piperidine rings is 1. The molecule has 0 saturated carbocycles. The van der Waals surface area contributed by atoms with Crippen molar-refractivity contribution in [3.8, 4) is 0 Å². The Labute approximate surface area is 142 Å². The van der Waals surface area contributed by atoms with Crippen LogP contribution in [0.5, 0.6) is 0 Å². The molecule has 1 aromatic heterocycles. The fourth-order valence-corrected chi connectivity index (χ4v) is 4.05. The number of benzene rings is 1. The van der Waals surface area contributed by atoms with Gasteiger partial charge >= 0.3 is 0 Å². The number of hydrogen-bond acceptors (Lipinski definition) is 2. The summed E-state index contributed by atoms with van der Waals surface area (Å²) in [6.45, 7) is 1.13. The van der Waals surface area contributed by atoms with E-state index in [0.717, 1.165) is 36.5 Å². The van der Waals surface area contributed by atoms with Gasteiger partial charge in [0.15, 0.2) is 0 Å². The molecule has 0 spiro atoms. The Morgan fingerprint density at radius 3 is 2.78 bits per heavy atom. The van der Waals surface area contributed by atoms with Gasteiger partial charge in [-0.2, -0.15) is 0 Å². The van der Waals surface area contributed by atoms with E-state index in [1.54, 1.807) is 0 Å². The SMILES string of the molecule is CN1CCCC/C1=C1\c2ccc(Cl)cc2CCc2cccnc21. The van der Waals surface area contributed by atoms with Crippen LogP contribution in [0.25, 0.3) is 5.57 Å². The van der Waals surface area contributed by atoms with Gasteiger partial charge in [-0.15, -0.1) is 0 Å². The van der Waals surface area contributed by atoms with Crippen molar-refractivity contribution in [2.75, 3.05) is 13.6 Å². The highest BCUT2D eigenvalue weighted by molar-refractivity contribution is 6.30. The van der Waals surface area contributed by atoms with E-state index in [4.69, 9.17) is 16.6 Å². The highest BCUT2D eigenvalue weighted by Crippen LogP contribution is 2.38. The molecule has 1 saturated heterocycles. The maximum absolute atomic E-state index is 6.26. The molecule has 0 unspecified atom stereocenters. The number of allylic oxidation sites excluding steroid dienone is 1. The fourth-order valence-electron chi connectivity index (χ4n) is 3.85. The summed E-state index contributed by atoms with van der Waals surface area (Å²) in [5.74, 6) is 0. The number of aryl methyl sites for hydroxylation is 2. The fraction of sp³-hybridized carbons (Fsp3) is 0.350. The molecule has 1 aliphatic carbocycles. The summed E-state index contributed by atoms with van der Waals surface area (Å²) in [6, 6.07) is 10.6. The Hall–Kier alpha value is -1.80. The summed E-state index contributed by atoms with van der Waals surface area (Å²) in [6.07, 6.45) is 7.63. The Morgan fingerprint density at radius 2 is 1.91 bits per heavy atom. The average Bonchev–Trinajstić information content (AvgIpc) is 2.72. The van der Waals surface area contributed by atoms with Crippen molar-refractivity contribution in [3.63, 3.8) is 0 Å². The molecular formula is C20H21ClN2. The van der Waals surface area contributed by atoms with E-state index in [1.165, 1.54) is 40.8 Å². The monoisotopic (exact) mass is 324 g/mol. The molecule has 4 rings (SSSR count). The number of rotatable bonds is 0. The van der Waals surface area contributed by atoms with Crippen LogP contribution in [0.2, 0.25) is 5.02 Å². The van der Waals surface area contributed by atoms with Crippen LogP contribution < -0.4 is 0 Å². The van der Waals surface area contributed by atoms with E-state index in [9.17, 15) is 0 Å². The molecule has 2 nitrogen and oxygen atoms in total. The second-order valence-corrected chi connectivity index (χ2v) is 6.95. The van der Waals surface area contributed by atoms with Crippen LogP contribution >= 0.6 is 11.6 Å². The van der Waals surface area contributed by atoms with Crippen LogP contribution in [0.3, 0.4) is 0 Å². The van der Waals surface area contributed by atoms with E-state index in [-0.39, 0.29) is 0 Å². The minimum Gasteiger partial charge on any atom is -0.377 e. The molecule has 0 radical (unpaired) electrons. The van der Waals surface area contributed by atoms with E-state index in [0.29, 0.717) is 0 Å². The molecule has 0 atom stereocenters. The Bertz CT molecular complexity index is 779. The topological polar surface area (TPSA) is 16.1 Å². The largest absolute Gasteiger partial charge is 0.377 e. The van der Waals surface area contributed by atoms with Gasteiger partial charge in [0.05, 0.1) is 5.69 Å². The van der Waals surface area contributed by atoms with Gasteiger partial charge in [0, 0.05) is 36.1 Å². The lowest BCUT2D eigenvalue weighted by molar-refractivity contribution is 0.347. The normalized spacial score (nSPS) is 20.7. The number of nitrogens with zero attached hydrogens (tertiary/aromatic N) is 2. The van der Waals surface area contributed by atoms with Crippen LogP contribution in [0.4, 0.5) is 0 Å². The molecule has 2 aliphatic rings. The van der Waals surface area contributed by atoms with Crippen molar-refractivity contribution >= 4 is 17.2 Å². The average molecular weight is 325 g/mol. The Balaban J connectivity index is 2.01. The lowest BCUT2D eigenvalue weighted by atomic mass is 9.92. The second kappa shape index (κ2) is 6.01. The zero-order chi connectivity index (χ0) is 15.8. The molecule has 1 fully saturated rings. The van der Waals surface area contributed by atoms with Crippen molar-refractivity contribution in [1.82, 2.24) is 9.88 Å². The third-order valence-electron chi connectivity index (χ3n) is 5.03. The first-order chi connectivity index (χ1) is 11.2. The molecule has 2 aromatic rings. The molecule has 2 heterocycles. The zero-order valence-corrected chi connectivity index (χ0v) is 14.2. The Kier molecular flexibility index (Phi) is 3.86. The summed E-state index contributed by atoms with van der Waals surface area (Å²) in [4.78, 5) is 7.19. The van der Waals surface area contributed by atoms with Crippen molar-refractivity contribution < 1.29 is 0 Å². The minimum atomic E-state index is 0.823. The number of halogens is 1. The van der Waals surface area contributed by atoms with Gasteiger partial charge in [0.25, 0.3) is 0 Å². The van der Waals surface area contributed by atoms with Gasteiger partial charge in [-0.3, -0.25) is 4.98 Å². The van der Waals surface area contributed by atoms with Gasteiger partial charge in [0.1, 0.15) is 0 Å². The third kappa shape index (κ3) is 2.66. The summed E-state index contributed by atoms with van der Waals surface area (Å²) >= 11 is 6.26. The van der Waals surface area contributed by atoms with Crippen LogP contribution in [0.1, 0.15) is 41.6 Å². The predicted octanol–water partition coefficient (Wildman–Crippen LogP) is 4.71. The number of aromatic nitrogens is 1. The van der Waals surface area contributed by atoms with Crippen LogP contribution in [0.15, 0.2) is 42.2 Å². The molecule has 1 aliphatic heterocycles. The maximum Gasteiger partial charge on any atom is 0.0757 e. The molecule has 0 N–H and O–H groups in total. The summed E-state index contributed by atoms with van der Waals surface area (Å²) in [5, 5.41) is 0.823. The highest BCUT2D eigenvalue weighted by Gasteiger charge is 2.25. The van der Waals surface area contributed by atoms with Crippen molar-refractivity contribution in [2.45, 2.75) is 32.1 Å². The van der Waals surface area contributed by atoms with E-state index < -0.39 is 0 Å². The number of fused-ring (bicyclic) bond motifs is 2. The molecular weight excluding hydrogens is 304 g/mol. The van der Waals surface area contributed by atoms with E-state index >= 15 is 0 Å². The maximum atomic E-state index is 6.26. The quantitative estimate of drug-likeness (QED) is 0.697. The lowest BCUT2D eigenvalue weighted by Crippen LogP contribution is -2.25. The first kappa shape index (κ1) is 14.8. The minimum absolute atomic E-state index is 0.823. The molecule has 0 amide bonds. The predicted molar refractivity (Wildman–Crippen MR) is 95.6 cm³/mol. The van der Waals surface area contributed by atoms with Crippen LogP contribution in [-0.2, 0) is 12.8 Å². The number of pyridine rings is 1. The summed E-state index contributed by atoms with van der Waals surface area (Å²) < 4.78 is 0. The van der Waals surface area contributed by atoms with E-state index in [1.807, 2.05) is 12.3 Å². The molecule has 0 bridgehead atoms. The first-order valence-corrected chi connectivity index (χ1v) is 8.79. The molecule has 118 valence electrons. The van der Waals surface area contributed by atoms with Gasteiger partial charge in [-0.1, -0.05) is 23.7 Å². The number of likely N-dealkylation sites (tertiary alicyclic amines) is 1. The zero-order valence-electron chi connectivity index (χ0n) is 13.5. The van der Waals surface area contributed by atoms with Crippen molar-refractivity contribution in [3.05, 3.63) is 69.6 Å². The van der Waals surface area contributed by atoms with Crippen molar-refractivity contribution in [2.24, 2.45) is 0 Å². The van der Waals surface area contributed by atoms with Gasteiger partial charge in [-0.05, 0) is 67.0 Å². The molecule has 3 heteroatoms. The molecule has 23 heavy (non-hydrogen) atoms. The van der Waals surface area contributed by atoms with Crippen LogP contribution in [0, 0.1) is 0 Å². The standard InChI is InChI=1S/C20H21ClN2/c1-23-12-3-2-6-18(23)19-17-10-9-16(21)13-15(17)8-7-14-5-4-11-22-20(14)19/h4-5,9-11,13H,2-3,6-8,12H2,1H3/b19-18-. The van der Waals surface area contributed by atoms with Crippen LogP contribution in [-0.4, -0.2) is 23.5 Å². The van der Waals surface area contributed by atoms with Gasteiger partial charge < -0.3 is 4.90 Å². The van der Waals surface area contributed by atoms with Crippen molar-refractivity contribution in [1.29, 1.82) is 0 Å². The Morgan fingerprint density at radius 1 is 1.04 bits per heavy atom. The second-order valence-electron chi connectivity index (χ2n) is 6.51. The van der Waals surface area contributed by atoms with Gasteiger partial charge in [-0.25, -0.2) is 0 Å². The molecule has 1 aromatic carbocycles.